The van der Waals surface area contributed by atoms with E-state index in [-0.39, 0.29) is 12.4 Å². The molecule has 0 atom stereocenters. The molecule has 4 nitrogen and oxygen atoms in total. The summed E-state index contributed by atoms with van der Waals surface area (Å²) >= 11 is 0. The number of aromatic nitrogens is 2. The highest BCUT2D eigenvalue weighted by atomic mass is 19.1. The van der Waals surface area contributed by atoms with Crippen molar-refractivity contribution in [1.82, 2.24) is 10.2 Å². The van der Waals surface area contributed by atoms with Gasteiger partial charge in [0.2, 0.25) is 0 Å². The van der Waals surface area contributed by atoms with Crippen LogP contribution in [0.25, 0.3) is 11.3 Å². The van der Waals surface area contributed by atoms with Gasteiger partial charge in [0.15, 0.2) is 0 Å². The number of nitrogens with one attached hydrogen (secondary N) is 1. The third kappa shape index (κ3) is 2.20. The van der Waals surface area contributed by atoms with Crippen molar-refractivity contribution in [3.63, 3.8) is 0 Å². The summed E-state index contributed by atoms with van der Waals surface area (Å²) in [4.78, 5) is 0. The van der Waals surface area contributed by atoms with Gasteiger partial charge in [0, 0.05) is 18.2 Å². The Morgan fingerprint density at radius 2 is 2.18 bits per heavy atom. The van der Waals surface area contributed by atoms with Crippen molar-refractivity contribution in [2.75, 3.05) is 7.11 Å². The summed E-state index contributed by atoms with van der Waals surface area (Å²) in [7, 11) is 1.55. The van der Waals surface area contributed by atoms with Crippen molar-refractivity contribution in [2.45, 2.75) is 13.2 Å². The van der Waals surface area contributed by atoms with E-state index in [2.05, 4.69) is 10.2 Å². The van der Waals surface area contributed by atoms with Gasteiger partial charge in [0.05, 0.1) is 18.9 Å². The van der Waals surface area contributed by atoms with Crippen LogP contribution in [0.1, 0.15) is 11.3 Å². The Morgan fingerprint density at radius 3 is 2.82 bits per heavy atom. The number of ether oxygens (including phenoxy) is 1. The minimum absolute atomic E-state index is 0.209. The molecule has 0 bridgehead atoms. The fourth-order valence-electron chi connectivity index (χ4n) is 1.71. The molecule has 2 aromatic rings. The van der Waals surface area contributed by atoms with Gasteiger partial charge in [-0.1, -0.05) is 12.1 Å². The van der Waals surface area contributed by atoms with E-state index >= 15 is 0 Å². The molecule has 1 aromatic carbocycles. The maximum absolute atomic E-state index is 13.6. The molecule has 0 aliphatic rings. The summed E-state index contributed by atoms with van der Waals surface area (Å²) in [6.07, 6.45) is 0. The number of benzene rings is 1. The first-order valence-electron chi connectivity index (χ1n) is 5.18. The second-order valence-corrected chi connectivity index (χ2v) is 3.60. The monoisotopic (exact) mass is 236 g/mol. The first kappa shape index (κ1) is 11.8. The zero-order chi connectivity index (χ0) is 12.3. The van der Waals surface area contributed by atoms with Gasteiger partial charge in [-0.2, -0.15) is 5.10 Å². The number of H-pyrrole nitrogens is 1. The molecule has 0 fully saturated rings. The Bertz CT molecular complexity index is 511. The molecule has 5 heteroatoms. The first-order valence-corrected chi connectivity index (χ1v) is 5.18. The molecule has 0 saturated heterocycles. The van der Waals surface area contributed by atoms with Crippen LogP contribution >= 0.6 is 0 Å². The third-order valence-corrected chi connectivity index (χ3v) is 2.53. The van der Waals surface area contributed by atoms with Gasteiger partial charge in [0.1, 0.15) is 11.5 Å². The molecule has 17 heavy (non-hydrogen) atoms. The van der Waals surface area contributed by atoms with Crippen LogP contribution in [0.2, 0.25) is 0 Å². The lowest BCUT2D eigenvalue weighted by molar-refractivity contribution is 0.178. The predicted molar refractivity (Wildman–Crippen MR) is 60.6 cm³/mol. The van der Waals surface area contributed by atoms with Gasteiger partial charge in [-0.15, -0.1) is 0 Å². The molecule has 0 aliphatic heterocycles. The van der Waals surface area contributed by atoms with Crippen LogP contribution in [0, 0.1) is 5.82 Å². The van der Waals surface area contributed by atoms with Crippen LogP contribution in [0.3, 0.4) is 0 Å². The van der Waals surface area contributed by atoms with Crippen molar-refractivity contribution >= 4 is 0 Å². The van der Waals surface area contributed by atoms with Crippen molar-refractivity contribution < 1.29 is 14.2 Å². The maximum atomic E-state index is 13.6. The second kappa shape index (κ2) is 5.07. The molecule has 0 saturated carbocycles. The minimum atomic E-state index is -0.363. The van der Waals surface area contributed by atoms with Crippen molar-refractivity contribution in [3.8, 4) is 11.3 Å². The van der Waals surface area contributed by atoms with E-state index in [0.717, 1.165) is 0 Å². The summed E-state index contributed by atoms with van der Waals surface area (Å²) in [5, 5.41) is 16.1. The zero-order valence-electron chi connectivity index (χ0n) is 9.40. The zero-order valence-corrected chi connectivity index (χ0v) is 9.40. The lowest BCUT2D eigenvalue weighted by atomic mass is 10.1. The van der Waals surface area contributed by atoms with E-state index in [9.17, 15) is 9.50 Å². The molecule has 0 radical (unpaired) electrons. The standard InChI is InChI=1S/C12H13FN2O2/c1-17-7-11-9(6-16)12(15-14-11)8-4-2-3-5-10(8)13/h2-5,16H,6-7H2,1H3,(H,14,15). The van der Waals surface area contributed by atoms with Gasteiger partial charge in [0.25, 0.3) is 0 Å². The van der Waals surface area contributed by atoms with E-state index < -0.39 is 0 Å². The molecule has 1 aromatic heterocycles. The number of aromatic amines is 1. The molecular formula is C12H13FN2O2. The van der Waals surface area contributed by atoms with Gasteiger partial charge >= 0.3 is 0 Å². The molecule has 1 heterocycles. The van der Waals surface area contributed by atoms with Gasteiger partial charge in [-0.25, -0.2) is 4.39 Å². The third-order valence-electron chi connectivity index (χ3n) is 2.53. The average Bonchev–Trinajstić information content (AvgIpc) is 2.73. The Kier molecular flexibility index (Phi) is 3.51. The number of hydrogen-bond donors (Lipinski definition) is 2. The summed E-state index contributed by atoms with van der Waals surface area (Å²) in [5.41, 5.74) is 2.03. The van der Waals surface area contributed by atoms with E-state index in [1.165, 1.54) is 6.07 Å². The largest absolute Gasteiger partial charge is 0.392 e. The summed E-state index contributed by atoms with van der Waals surface area (Å²) in [5.74, 6) is -0.363. The first-order chi connectivity index (χ1) is 8.27. The highest BCUT2D eigenvalue weighted by Crippen LogP contribution is 2.26. The van der Waals surface area contributed by atoms with E-state index in [4.69, 9.17) is 4.74 Å². The number of aliphatic hydroxyl groups is 1. The number of rotatable bonds is 4. The topological polar surface area (TPSA) is 58.1 Å². The van der Waals surface area contributed by atoms with Crippen LogP contribution in [0.5, 0.6) is 0 Å². The van der Waals surface area contributed by atoms with Gasteiger partial charge < -0.3 is 9.84 Å². The molecule has 0 spiro atoms. The quantitative estimate of drug-likeness (QED) is 0.851. The Morgan fingerprint density at radius 1 is 1.41 bits per heavy atom. The van der Waals surface area contributed by atoms with E-state index in [1.807, 2.05) is 0 Å². The van der Waals surface area contributed by atoms with E-state index in [1.54, 1.807) is 25.3 Å². The molecule has 2 N–H and O–H groups in total. The number of halogens is 1. The fourth-order valence-corrected chi connectivity index (χ4v) is 1.71. The van der Waals surface area contributed by atoms with Crippen LogP contribution < -0.4 is 0 Å². The number of methoxy groups -OCH3 is 1. The average molecular weight is 236 g/mol. The van der Waals surface area contributed by atoms with Crippen molar-refractivity contribution in [1.29, 1.82) is 0 Å². The summed E-state index contributed by atoms with van der Waals surface area (Å²) < 4.78 is 18.6. The van der Waals surface area contributed by atoms with Crippen LogP contribution in [-0.2, 0) is 18.0 Å². The highest BCUT2D eigenvalue weighted by molar-refractivity contribution is 5.64. The second-order valence-electron chi connectivity index (χ2n) is 3.60. The van der Waals surface area contributed by atoms with Crippen LogP contribution in [0.15, 0.2) is 24.3 Å². The van der Waals surface area contributed by atoms with Crippen LogP contribution in [-0.4, -0.2) is 22.4 Å². The SMILES string of the molecule is COCc1[nH]nc(-c2ccccc2F)c1CO. The lowest BCUT2D eigenvalue weighted by Gasteiger charge is -2.03. The lowest BCUT2D eigenvalue weighted by Crippen LogP contribution is -1.95. The smallest absolute Gasteiger partial charge is 0.132 e. The maximum Gasteiger partial charge on any atom is 0.132 e. The van der Waals surface area contributed by atoms with E-state index in [0.29, 0.717) is 29.1 Å². The molecule has 0 unspecified atom stereocenters. The molecule has 90 valence electrons. The summed E-state index contributed by atoms with van der Waals surface area (Å²) in [6.45, 7) is 0.0935. The molecular weight excluding hydrogens is 223 g/mol. The Labute approximate surface area is 98.1 Å². The minimum Gasteiger partial charge on any atom is -0.392 e. The molecule has 0 aliphatic carbocycles. The predicted octanol–water partition coefficient (Wildman–Crippen LogP) is 1.85. The summed E-state index contributed by atoms with van der Waals surface area (Å²) in [6, 6.07) is 6.33. The number of hydrogen-bond acceptors (Lipinski definition) is 3. The van der Waals surface area contributed by atoms with Crippen LogP contribution in [0.4, 0.5) is 4.39 Å². The normalized spacial score (nSPS) is 10.8. The Hall–Kier alpha value is -1.72. The molecule has 0 amide bonds. The highest BCUT2D eigenvalue weighted by Gasteiger charge is 2.16. The number of nitrogens with zero attached hydrogens (tertiary/aromatic N) is 1. The molecule has 2 rings (SSSR count). The number of aliphatic hydroxyl groups excluding tert-OH is 1. The van der Waals surface area contributed by atoms with Crippen molar-refractivity contribution in [2.24, 2.45) is 0 Å². The van der Waals surface area contributed by atoms with Gasteiger partial charge in [-0.3, -0.25) is 5.10 Å². The Balaban J connectivity index is 2.49. The van der Waals surface area contributed by atoms with Gasteiger partial charge in [-0.05, 0) is 12.1 Å². The van der Waals surface area contributed by atoms with Crippen molar-refractivity contribution in [3.05, 3.63) is 41.3 Å². The fraction of sp³-hybridized carbons (Fsp3) is 0.250.